The lowest BCUT2D eigenvalue weighted by Crippen LogP contribution is -2.59. The summed E-state index contributed by atoms with van der Waals surface area (Å²) in [4.78, 5) is 26.7. The zero-order valence-electron chi connectivity index (χ0n) is 36.7. The fourth-order valence-electron chi connectivity index (χ4n) is 11.6. The first-order chi connectivity index (χ1) is 28.5. The second kappa shape index (κ2) is 22.2. The van der Waals surface area contributed by atoms with Crippen LogP contribution in [-0.4, -0.2) is 158 Å². The summed E-state index contributed by atoms with van der Waals surface area (Å²) in [6.45, 7) is 10.9. The summed E-state index contributed by atoms with van der Waals surface area (Å²) < 4.78 is 16.7. The summed E-state index contributed by atoms with van der Waals surface area (Å²) in [6.07, 6.45) is 0.887. The first kappa shape index (κ1) is 49.3. The summed E-state index contributed by atoms with van der Waals surface area (Å²) >= 11 is 0. The van der Waals surface area contributed by atoms with Crippen LogP contribution in [0, 0.1) is 46.8 Å². The molecule has 2 amide bonds. The van der Waals surface area contributed by atoms with Crippen molar-refractivity contribution in [2.24, 2.45) is 46.8 Å². The van der Waals surface area contributed by atoms with Crippen molar-refractivity contribution >= 4 is 11.8 Å². The summed E-state index contributed by atoms with van der Waals surface area (Å²) in [5, 5.41) is 83.1. The molecule has 4 fully saturated rings. The van der Waals surface area contributed by atoms with Crippen molar-refractivity contribution in [1.82, 2.24) is 10.2 Å². The molecule has 346 valence electrons. The Hall–Kier alpha value is -1.76. The van der Waals surface area contributed by atoms with Crippen LogP contribution in [0.25, 0.3) is 0 Å². The molecule has 0 aromatic heterocycles. The van der Waals surface area contributed by atoms with E-state index in [4.69, 9.17) is 14.2 Å². The first-order valence-electron chi connectivity index (χ1n) is 23.0. The standard InChI is InChI=1S/C45H78N2O13/c1-25(2)8-6-9-26(3)30-12-13-32-31(30)14-15-34-33(32)11-10-28-22-29(16-17-45(28,34)5)58-21-20-47(27(4)49)19-7-18-46-43(57)41(55)39(53)37(51)35(50)24-59-44-42(56)40(54)38(52)36(23-48)60-44/h10,25-26,29-42,44,48,50-56H,6-9,11-24H2,1-5H3,(H,46,57)/t26-,29+,30-,31?,32-,33+,34+,35?,36-,37-,38-,39+,40+,41-,42?,44?,45+/m1/s1. The van der Waals surface area contributed by atoms with Gasteiger partial charge >= 0.3 is 0 Å². The Labute approximate surface area is 356 Å². The molecule has 0 bridgehead atoms. The van der Waals surface area contributed by atoms with Gasteiger partial charge in [-0.05, 0) is 105 Å². The third-order valence-corrected chi connectivity index (χ3v) is 15.3. The van der Waals surface area contributed by atoms with Crippen molar-refractivity contribution in [3.63, 3.8) is 0 Å². The molecular weight excluding hydrogens is 776 g/mol. The van der Waals surface area contributed by atoms with Crippen LogP contribution in [0.3, 0.4) is 0 Å². The van der Waals surface area contributed by atoms with Gasteiger partial charge in [0.25, 0.3) is 5.91 Å². The van der Waals surface area contributed by atoms with Crippen molar-refractivity contribution < 1.29 is 64.7 Å². The van der Waals surface area contributed by atoms with Gasteiger partial charge in [-0.2, -0.15) is 0 Å². The molecule has 1 saturated heterocycles. The number of aliphatic hydroxyl groups is 8. The zero-order valence-corrected chi connectivity index (χ0v) is 36.7. The number of carbonyl (C=O) groups is 2. The van der Waals surface area contributed by atoms with E-state index in [1.54, 1.807) is 10.5 Å². The highest BCUT2D eigenvalue weighted by Crippen LogP contribution is 2.63. The summed E-state index contributed by atoms with van der Waals surface area (Å²) in [5.74, 6) is 4.76. The van der Waals surface area contributed by atoms with Crippen LogP contribution in [0.15, 0.2) is 11.6 Å². The van der Waals surface area contributed by atoms with Gasteiger partial charge in [0.05, 0.1) is 25.9 Å². The maximum absolute atomic E-state index is 12.6. The second-order valence-corrected chi connectivity index (χ2v) is 19.5. The third-order valence-electron chi connectivity index (χ3n) is 15.3. The Balaban J connectivity index is 0.996. The molecule has 15 nitrogen and oxygen atoms in total. The van der Waals surface area contributed by atoms with Gasteiger partial charge < -0.3 is 65.3 Å². The topological polar surface area (TPSA) is 239 Å². The predicted molar refractivity (Wildman–Crippen MR) is 222 cm³/mol. The van der Waals surface area contributed by atoms with Crippen molar-refractivity contribution in [2.45, 2.75) is 173 Å². The van der Waals surface area contributed by atoms with Gasteiger partial charge in [0.15, 0.2) is 12.4 Å². The number of hydrogen-bond donors (Lipinski definition) is 9. The lowest BCUT2D eigenvalue weighted by Gasteiger charge is -2.55. The molecule has 3 saturated carbocycles. The van der Waals surface area contributed by atoms with Crippen LogP contribution in [0.1, 0.15) is 112 Å². The Bertz CT molecular complexity index is 1400. The van der Waals surface area contributed by atoms with E-state index in [9.17, 15) is 50.4 Å². The van der Waals surface area contributed by atoms with E-state index in [0.717, 1.165) is 60.7 Å². The molecule has 5 aliphatic rings. The zero-order chi connectivity index (χ0) is 43.9. The van der Waals surface area contributed by atoms with Gasteiger partial charge in [0.1, 0.15) is 42.7 Å². The minimum Gasteiger partial charge on any atom is -0.394 e. The molecule has 0 aromatic carbocycles. The molecule has 5 rings (SSSR count). The van der Waals surface area contributed by atoms with E-state index < -0.39 is 74.2 Å². The number of hydrogen-bond acceptors (Lipinski definition) is 13. The van der Waals surface area contributed by atoms with E-state index in [0.29, 0.717) is 26.1 Å². The Morgan fingerprint density at radius 2 is 1.63 bits per heavy atom. The average Bonchev–Trinajstić information content (AvgIpc) is 3.67. The van der Waals surface area contributed by atoms with E-state index >= 15 is 0 Å². The predicted octanol–water partition coefficient (Wildman–Crippen LogP) is 1.64. The van der Waals surface area contributed by atoms with Gasteiger partial charge in [0.2, 0.25) is 5.91 Å². The van der Waals surface area contributed by atoms with Crippen LogP contribution in [0.5, 0.6) is 0 Å². The molecule has 0 aromatic rings. The lowest BCUT2D eigenvalue weighted by molar-refractivity contribution is -0.306. The quantitative estimate of drug-likeness (QED) is 0.0591. The molecule has 4 unspecified atom stereocenters. The number of ether oxygens (including phenoxy) is 3. The van der Waals surface area contributed by atoms with Crippen molar-refractivity contribution in [1.29, 1.82) is 0 Å². The Morgan fingerprint density at radius 1 is 0.900 bits per heavy atom. The van der Waals surface area contributed by atoms with Crippen molar-refractivity contribution in [3.05, 3.63) is 11.6 Å². The maximum Gasteiger partial charge on any atom is 0.251 e. The lowest BCUT2D eigenvalue weighted by atomic mass is 9.50. The van der Waals surface area contributed by atoms with E-state index in [-0.39, 0.29) is 24.0 Å². The third kappa shape index (κ3) is 11.7. The minimum atomic E-state index is -2.12. The molecule has 17 atom stereocenters. The largest absolute Gasteiger partial charge is 0.394 e. The smallest absolute Gasteiger partial charge is 0.251 e. The highest BCUT2D eigenvalue weighted by atomic mass is 16.7. The van der Waals surface area contributed by atoms with Gasteiger partial charge in [-0.25, -0.2) is 0 Å². The summed E-state index contributed by atoms with van der Waals surface area (Å²) in [5.41, 5.74) is 1.82. The number of aliphatic hydroxyl groups excluding tert-OH is 8. The van der Waals surface area contributed by atoms with Crippen LogP contribution in [0.2, 0.25) is 0 Å². The monoisotopic (exact) mass is 855 g/mol. The Kier molecular flexibility index (Phi) is 18.3. The SMILES string of the molecule is CC(=O)N(CCCNC(=O)[C@H](O)[C@@H](O)[C@H](O)C(O)COC1O[C@H](CO)[C@@H](O)[C@H](O)C1O)CCO[C@H]1CC[C@@]2(C)C(=CC[C@H]3[C@@H]4CC[C@H]([C@H](C)CCCC(C)C)C4CC[C@@H]32)C1. The Morgan fingerprint density at radius 3 is 2.33 bits per heavy atom. The molecule has 4 aliphatic carbocycles. The molecule has 0 radical (unpaired) electrons. The molecular formula is C45H78N2O13. The van der Waals surface area contributed by atoms with Crippen LogP contribution in [-0.2, 0) is 23.8 Å². The fraction of sp³-hybridized carbons (Fsp3) is 0.911. The van der Waals surface area contributed by atoms with Crippen molar-refractivity contribution in [3.8, 4) is 0 Å². The van der Waals surface area contributed by atoms with Crippen molar-refractivity contribution in [2.75, 3.05) is 39.5 Å². The second-order valence-electron chi connectivity index (χ2n) is 19.5. The summed E-state index contributed by atoms with van der Waals surface area (Å²) in [6, 6.07) is 0. The number of rotatable bonds is 21. The van der Waals surface area contributed by atoms with Gasteiger partial charge in [-0.3, -0.25) is 9.59 Å². The van der Waals surface area contributed by atoms with E-state index in [1.165, 1.54) is 58.3 Å². The number of amides is 2. The highest BCUT2D eigenvalue weighted by molar-refractivity contribution is 5.81. The number of fused-ring (bicyclic) bond motifs is 5. The minimum absolute atomic E-state index is 0.0588. The van der Waals surface area contributed by atoms with E-state index in [2.05, 4.69) is 39.1 Å². The summed E-state index contributed by atoms with van der Waals surface area (Å²) in [7, 11) is 0. The fourth-order valence-corrected chi connectivity index (χ4v) is 11.6. The van der Waals surface area contributed by atoms with Crippen LogP contribution < -0.4 is 5.32 Å². The molecule has 0 spiro atoms. The number of allylic oxidation sites excluding steroid dienone is 1. The van der Waals surface area contributed by atoms with Crippen LogP contribution in [0.4, 0.5) is 0 Å². The number of nitrogens with one attached hydrogen (secondary N) is 1. The first-order valence-corrected chi connectivity index (χ1v) is 23.0. The van der Waals surface area contributed by atoms with Gasteiger partial charge in [-0.1, -0.05) is 58.6 Å². The maximum atomic E-state index is 12.6. The highest BCUT2D eigenvalue weighted by Gasteiger charge is 2.55. The molecule has 60 heavy (non-hydrogen) atoms. The van der Waals surface area contributed by atoms with Gasteiger partial charge in [-0.15, -0.1) is 0 Å². The average molecular weight is 855 g/mol. The number of nitrogens with zero attached hydrogens (tertiary/aromatic N) is 1. The van der Waals surface area contributed by atoms with E-state index in [1.807, 2.05) is 0 Å². The molecule has 15 heteroatoms. The van der Waals surface area contributed by atoms with Gasteiger partial charge in [0, 0.05) is 26.6 Å². The normalized spacial score (nSPS) is 36.6. The van der Waals surface area contributed by atoms with Crippen LogP contribution >= 0.6 is 0 Å². The molecule has 9 N–H and O–H groups in total. The molecule has 1 aliphatic heterocycles. The molecule has 1 heterocycles. The number of carbonyl (C=O) groups excluding carboxylic acids is 2.